The molecule has 0 amide bonds. The van der Waals surface area contributed by atoms with Crippen LogP contribution < -0.4 is 0 Å². The van der Waals surface area contributed by atoms with Gasteiger partial charge in [0.25, 0.3) is 0 Å². The van der Waals surface area contributed by atoms with Crippen LogP contribution in [0, 0.1) is 0 Å². The highest BCUT2D eigenvalue weighted by atomic mass is 16.1. The summed E-state index contributed by atoms with van der Waals surface area (Å²) in [5, 5.41) is 0. The van der Waals surface area contributed by atoms with E-state index in [1.54, 1.807) is 23.7 Å². The molecule has 0 spiro atoms. The van der Waals surface area contributed by atoms with E-state index in [0.29, 0.717) is 11.9 Å². The normalized spacial score (nSPS) is 11.1. The van der Waals surface area contributed by atoms with Gasteiger partial charge in [-0.15, -0.1) is 0 Å². The maximum Gasteiger partial charge on any atom is 0.176 e. The van der Waals surface area contributed by atoms with Gasteiger partial charge >= 0.3 is 0 Å². The lowest BCUT2D eigenvalue weighted by molar-refractivity contribution is 0.101. The third kappa shape index (κ3) is 1.02. The van der Waals surface area contributed by atoms with Gasteiger partial charge in [0, 0.05) is 20.1 Å². The molecule has 0 saturated carbocycles. The van der Waals surface area contributed by atoms with E-state index in [2.05, 4.69) is 0 Å². The molecule has 0 N–H and O–H groups in total. The first-order valence-electron chi connectivity index (χ1n) is 3.26. The van der Waals surface area contributed by atoms with Gasteiger partial charge in [0.05, 0.1) is 7.06 Å². The lowest BCUT2D eigenvalue weighted by Crippen LogP contribution is -1.99. The molecule has 1 heterocycles. The number of Topliss-reactive ketones (excluding diaryl/α,β-unsaturated/α-hetero) is 1. The molecule has 1 aromatic rings. The molecular formula is C7H9NO. The van der Waals surface area contributed by atoms with Crippen LogP contribution in [0.2, 0.25) is 0 Å². The molecule has 1 aromatic heterocycles. The molecule has 2 heteroatoms. The Hall–Kier alpha value is -1.05. The average molecular weight is 124 g/mol. The zero-order valence-electron chi connectivity index (χ0n) is 6.51. The van der Waals surface area contributed by atoms with Crippen molar-refractivity contribution < 1.29 is 6.17 Å². The Morgan fingerprint density at radius 2 is 2.56 bits per heavy atom. The summed E-state index contributed by atoms with van der Waals surface area (Å²) in [6, 6.07) is 3.27. The van der Waals surface area contributed by atoms with Gasteiger partial charge in [-0.05, 0) is 12.1 Å². The second-order valence-corrected chi connectivity index (χ2v) is 1.96. The van der Waals surface area contributed by atoms with E-state index in [-0.39, 0.29) is 5.78 Å². The van der Waals surface area contributed by atoms with Gasteiger partial charge in [-0.2, -0.15) is 0 Å². The van der Waals surface area contributed by atoms with E-state index >= 15 is 0 Å². The number of rotatable bonds is 1. The van der Waals surface area contributed by atoms with Crippen molar-refractivity contribution in [1.82, 2.24) is 4.57 Å². The molecule has 2 nitrogen and oxygen atoms in total. The molecule has 48 valence electrons. The van der Waals surface area contributed by atoms with Crippen LogP contribution in [0.4, 0.5) is 0 Å². The van der Waals surface area contributed by atoms with E-state index in [1.165, 1.54) is 6.92 Å². The second-order valence-electron chi connectivity index (χ2n) is 1.96. The molecule has 0 unspecified atom stereocenters. The van der Waals surface area contributed by atoms with Crippen LogP contribution in [0.5, 0.6) is 0 Å². The molecule has 0 atom stereocenters. The van der Waals surface area contributed by atoms with Gasteiger partial charge in [0.1, 0.15) is 0 Å². The van der Waals surface area contributed by atoms with Gasteiger partial charge in [-0.3, -0.25) is 4.79 Å². The van der Waals surface area contributed by atoms with Crippen molar-refractivity contribution in [3.63, 3.8) is 0 Å². The zero-order valence-corrected chi connectivity index (χ0v) is 5.51. The van der Waals surface area contributed by atoms with Crippen LogP contribution in [-0.4, -0.2) is 10.4 Å². The topological polar surface area (TPSA) is 22.0 Å². The summed E-state index contributed by atoms with van der Waals surface area (Å²) >= 11 is 0. The number of carbonyl (C=O) groups is 1. The Balaban J connectivity index is 3.17. The molecule has 0 fully saturated rings. The van der Waals surface area contributed by atoms with Crippen LogP contribution >= 0.6 is 0 Å². The highest BCUT2D eigenvalue weighted by molar-refractivity contribution is 5.92. The lowest BCUT2D eigenvalue weighted by atomic mass is 10.3. The van der Waals surface area contributed by atoms with Crippen molar-refractivity contribution in [1.29, 1.82) is 0 Å². The lowest BCUT2D eigenvalue weighted by Gasteiger charge is -1.94. The Kier molecular flexibility index (Phi) is 1.09. The quantitative estimate of drug-likeness (QED) is 0.516. The molecular weight excluding hydrogens is 114 g/mol. The van der Waals surface area contributed by atoms with Crippen LogP contribution in [0.3, 0.4) is 0 Å². The molecule has 0 aliphatic heterocycles. The first-order valence-corrected chi connectivity index (χ1v) is 2.76. The number of hydrogen-bond donors (Lipinski definition) is 0. The number of carbonyl (C=O) groups excluding carboxylic acids is 1. The van der Waals surface area contributed by atoms with Crippen molar-refractivity contribution in [2.75, 3.05) is 0 Å². The fourth-order valence-corrected chi connectivity index (χ4v) is 0.763. The van der Waals surface area contributed by atoms with Gasteiger partial charge in [-0.1, -0.05) is 0 Å². The molecule has 0 aliphatic rings. The van der Waals surface area contributed by atoms with E-state index in [9.17, 15) is 4.79 Å². The third-order valence-electron chi connectivity index (χ3n) is 1.23. The number of nitrogens with zero attached hydrogens (tertiary/aromatic N) is 1. The molecule has 1 rings (SSSR count). The molecule has 0 aliphatic carbocycles. The summed E-state index contributed by atoms with van der Waals surface area (Å²) < 4.78 is 8.80. The third-order valence-corrected chi connectivity index (χ3v) is 1.23. The summed E-state index contributed by atoms with van der Waals surface area (Å²) in [5.74, 6) is 0.000926. The van der Waals surface area contributed by atoms with E-state index in [4.69, 9.17) is 1.37 Å². The minimum absolute atomic E-state index is 0.000926. The Morgan fingerprint density at radius 1 is 1.89 bits per heavy atom. The number of hydrogen-bond acceptors (Lipinski definition) is 1. The summed E-state index contributed by atoms with van der Waals surface area (Å²) in [4.78, 5) is 10.8. The van der Waals surface area contributed by atoms with Crippen molar-refractivity contribution in [3.05, 3.63) is 24.0 Å². The Morgan fingerprint density at radius 3 is 2.78 bits per heavy atom. The van der Waals surface area contributed by atoms with Crippen LogP contribution in [0.1, 0.15) is 18.8 Å². The highest BCUT2D eigenvalue weighted by Crippen LogP contribution is 1.98. The zero-order chi connectivity index (χ0) is 7.72. The second kappa shape index (κ2) is 2.05. The average Bonchev–Trinajstić information content (AvgIpc) is 2.14. The fraction of sp³-hybridized carbons (Fsp3) is 0.286. The fourth-order valence-electron chi connectivity index (χ4n) is 0.763. The van der Waals surface area contributed by atoms with Gasteiger partial charge in [0.2, 0.25) is 0 Å². The molecule has 9 heavy (non-hydrogen) atoms. The Labute approximate surface area is 55.5 Å². The van der Waals surface area contributed by atoms with Crippen molar-refractivity contribution in [2.24, 2.45) is 7.05 Å². The summed E-state index contributed by atoms with van der Waals surface area (Å²) in [7, 11) is 1.71. The SMILES string of the molecule is [2H]c1ccc(C(C)=O)n1C. The predicted molar refractivity (Wildman–Crippen MR) is 35.4 cm³/mol. The molecule has 0 saturated heterocycles. The van der Waals surface area contributed by atoms with Crippen molar-refractivity contribution in [2.45, 2.75) is 6.92 Å². The van der Waals surface area contributed by atoms with E-state index in [0.717, 1.165) is 0 Å². The number of ketones is 1. The molecule has 0 radical (unpaired) electrons. The van der Waals surface area contributed by atoms with Gasteiger partial charge in [-0.25, -0.2) is 0 Å². The first-order chi connectivity index (χ1) is 4.63. The van der Waals surface area contributed by atoms with Gasteiger partial charge < -0.3 is 4.57 Å². The van der Waals surface area contributed by atoms with Crippen LogP contribution in [-0.2, 0) is 7.05 Å². The van der Waals surface area contributed by atoms with E-state index in [1.807, 2.05) is 0 Å². The summed E-state index contributed by atoms with van der Waals surface area (Å²) in [6.07, 6.45) is 0.366. The van der Waals surface area contributed by atoms with Gasteiger partial charge in [0.15, 0.2) is 5.78 Å². The number of aromatic nitrogens is 1. The largest absolute Gasteiger partial charge is 0.348 e. The highest BCUT2D eigenvalue weighted by Gasteiger charge is 1.99. The smallest absolute Gasteiger partial charge is 0.176 e. The minimum atomic E-state index is 0.000926. The van der Waals surface area contributed by atoms with E-state index < -0.39 is 0 Å². The summed E-state index contributed by atoms with van der Waals surface area (Å²) in [6.45, 7) is 1.49. The predicted octanol–water partition coefficient (Wildman–Crippen LogP) is 1.23. The molecule has 0 aromatic carbocycles. The standard InChI is InChI=1S/C7H9NO/c1-6(9)7-4-3-5-8(7)2/h3-5H,1-2H3/i5D. The van der Waals surface area contributed by atoms with Crippen LogP contribution in [0.15, 0.2) is 18.3 Å². The van der Waals surface area contributed by atoms with Crippen molar-refractivity contribution in [3.8, 4) is 0 Å². The monoisotopic (exact) mass is 124 g/mol. The summed E-state index contributed by atoms with van der Waals surface area (Å²) in [5.41, 5.74) is 0.588. The minimum Gasteiger partial charge on any atom is -0.348 e. The first kappa shape index (κ1) is 4.79. The molecule has 0 bridgehead atoms. The maximum atomic E-state index is 10.8. The van der Waals surface area contributed by atoms with Crippen molar-refractivity contribution >= 4 is 5.78 Å². The van der Waals surface area contributed by atoms with Crippen LogP contribution in [0.25, 0.3) is 0 Å². The Bertz CT molecular complexity index is 265. The maximum absolute atomic E-state index is 10.8.